The molecule has 82 valence electrons. The average molecular weight is 219 g/mol. The maximum atomic E-state index is 9.22. The van der Waals surface area contributed by atoms with Gasteiger partial charge in [0.15, 0.2) is 0 Å². The Morgan fingerprint density at radius 2 is 1.77 bits per heavy atom. The van der Waals surface area contributed by atoms with Crippen LogP contribution in [0.5, 0.6) is 0 Å². The molecule has 0 aliphatic carbocycles. The summed E-state index contributed by atoms with van der Waals surface area (Å²) in [4.78, 5) is 0. The molecule has 0 amide bonds. The highest BCUT2D eigenvalue weighted by molar-refractivity contribution is 7.80. The van der Waals surface area contributed by atoms with Crippen molar-refractivity contribution in [2.75, 3.05) is 13.7 Å². The van der Waals surface area contributed by atoms with Gasteiger partial charge in [0.25, 0.3) is 0 Å². The summed E-state index contributed by atoms with van der Waals surface area (Å²) >= 11 is 0. The van der Waals surface area contributed by atoms with E-state index in [0.717, 1.165) is 12.4 Å². The second-order valence-electron chi connectivity index (χ2n) is 1.87. The van der Waals surface area contributed by atoms with Gasteiger partial charge in [-0.1, -0.05) is 0 Å². The van der Waals surface area contributed by atoms with E-state index in [9.17, 15) is 13.0 Å². The van der Waals surface area contributed by atoms with Crippen LogP contribution >= 0.6 is 0 Å². The van der Waals surface area contributed by atoms with Gasteiger partial charge in [-0.05, 0) is 6.92 Å². The molecule has 0 aliphatic heterocycles. The van der Waals surface area contributed by atoms with Gasteiger partial charge in [-0.25, -0.2) is 8.42 Å². The molecule has 0 aromatic rings. The molecule has 0 rings (SSSR count). The standard InChI is InChI=1S/C3H9NO3.CH4O4S/c1-2-4-3(5,6)7;1-5-6(2,3)4/h4-7H,2H2,1H3;1H3,(H,2,3,4). The van der Waals surface area contributed by atoms with Crippen LogP contribution in [0, 0.1) is 0 Å². The third-order valence-corrected chi connectivity index (χ3v) is 1.09. The monoisotopic (exact) mass is 219 g/mol. The fourth-order valence-corrected chi connectivity index (χ4v) is 0.274. The van der Waals surface area contributed by atoms with Crippen molar-refractivity contribution in [1.29, 1.82) is 0 Å². The lowest BCUT2D eigenvalue weighted by molar-refractivity contribution is -0.855. The highest BCUT2D eigenvalue weighted by Crippen LogP contribution is 1.74. The fourth-order valence-electron chi connectivity index (χ4n) is 0.274. The number of aliphatic hydroxyl groups is 3. The molecule has 0 bridgehead atoms. The molecule has 0 aromatic heterocycles. The van der Waals surface area contributed by atoms with Crippen LogP contribution in [0.25, 0.3) is 0 Å². The third kappa shape index (κ3) is 24.5. The molecular formula is C4H13NO7S. The Bertz CT molecular complexity index is 205. The maximum Gasteiger partial charge on any atom is 0.438 e. The minimum absolute atomic E-state index is 0.434. The van der Waals surface area contributed by atoms with Crippen molar-refractivity contribution in [1.82, 2.24) is 0 Å². The van der Waals surface area contributed by atoms with Gasteiger partial charge >= 0.3 is 6.10 Å². The van der Waals surface area contributed by atoms with Gasteiger partial charge in [0.05, 0.1) is 13.7 Å². The summed E-state index contributed by atoms with van der Waals surface area (Å²) in [6, 6.07) is 0. The van der Waals surface area contributed by atoms with Gasteiger partial charge in [-0.2, -0.15) is 0 Å². The zero-order valence-electron chi connectivity index (χ0n) is 7.17. The van der Waals surface area contributed by atoms with Crippen LogP contribution in [0.3, 0.4) is 0 Å². The molecule has 0 radical (unpaired) electrons. The molecule has 0 aromatic carbocycles. The molecule has 9 heteroatoms. The van der Waals surface area contributed by atoms with Gasteiger partial charge in [0.1, 0.15) is 0 Å². The first kappa shape index (κ1) is 15.2. The van der Waals surface area contributed by atoms with Crippen molar-refractivity contribution in [2.24, 2.45) is 0 Å². The van der Waals surface area contributed by atoms with Crippen molar-refractivity contribution in [3.63, 3.8) is 0 Å². The average Bonchev–Trinajstić information content (AvgIpc) is 1.84. The molecule has 0 spiro atoms. The molecule has 0 atom stereocenters. The van der Waals surface area contributed by atoms with Gasteiger partial charge in [-0.15, -0.1) is 0 Å². The lowest BCUT2D eigenvalue weighted by Crippen LogP contribution is -2.97. The van der Waals surface area contributed by atoms with Gasteiger partial charge in [-0.3, -0.25) is 24.8 Å². The summed E-state index contributed by atoms with van der Waals surface area (Å²) in [6.07, 6.45) is -2.57. The van der Waals surface area contributed by atoms with E-state index < -0.39 is 16.5 Å². The molecule has 0 aliphatic rings. The Kier molecular flexibility index (Phi) is 7.26. The van der Waals surface area contributed by atoms with E-state index in [2.05, 4.69) is 4.18 Å². The molecule has 0 fully saturated rings. The van der Waals surface area contributed by atoms with Crippen molar-refractivity contribution in [2.45, 2.75) is 13.0 Å². The van der Waals surface area contributed by atoms with Crippen LogP contribution in [-0.2, 0) is 14.6 Å². The van der Waals surface area contributed by atoms with Gasteiger partial charge in [0, 0.05) is 0 Å². The minimum Gasteiger partial charge on any atom is -0.726 e. The Morgan fingerprint density at radius 1 is 1.46 bits per heavy atom. The maximum absolute atomic E-state index is 9.22. The Morgan fingerprint density at radius 3 is 1.77 bits per heavy atom. The second-order valence-corrected chi connectivity index (χ2v) is 3.02. The molecule has 0 unspecified atom stereocenters. The van der Waals surface area contributed by atoms with Crippen LogP contribution in [-0.4, -0.2) is 48.0 Å². The smallest absolute Gasteiger partial charge is 0.438 e. The van der Waals surface area contributed by atoms with E-state index in [4.69, 9.17) is 15.3 Å². The molecule has 13 heavy (non-hydrogen) atoms. The first-order chi connectivity index (χ1) is 5.62. The van der Waals surface area contributed by atoms with E-state index >= 15 is 0 Å². The SMILES string of the molecule is CC[NH2+]C(O)(O)O.COS(=O)(=O)[O-]. The summed E-state index contributed by atoms with van der Waals surface area (Å²) in [6.45, 7) is 2.13. The number of quaternary nitrogens is 1. The Hall–Kier alpha value is -0.290. The van der Waals surface area contributed by atoms with Crippen molar-refractivity contribution < 1.29 is 37.8 Å². The number of hydrogen-bond acceptors (Lipinski definition) is 7. The van der Waals surface area contributed by atoms with Crippen LogP contribution in [0.1, 0.15) is 6.92 Å². The van der Waals surface area contributed by atoms with Crippen molar-refractivity contribution in [3.05, 3.63) is 0 Å². The van der Waals surface area contributed by atoms with E-state index in [-0.39, 0.29) is 0 Å². The van der Waals surface area contributed by atoms with Crippen molar-refractivity contribution in [3.8, 4) is 0 Å². The predicted octanol–water partition coefficient (Wildman–Crippen LogP) is -3.75. The van der Waals surface area contributed by atoms with Crippen LogP contribution < -0.4 is 5.32 Å². The molecule has 0 heterocycles. The Labute approximate surface area is 75.7 Å². The highest BCUT2D eigenvalue weighted by Gasteiger charge is 2.19. The van der Waals surface area contributed by atoms with Crippen LogP contribution in [0.4, 0.5) is 0 Å². The normalized spacial score (nSPS) is 11.8. The summed E-state index contributed by atoms with van der Waals surface area (Å²) in [5.74, 6) is 0. The lowest BCUT2D eigenvalue weighted by Gasteiger charge is -2.07. The quantitative estimate of drug-likeness (QED) is 0.217. The van der Waals surface area contributed by atoms with E-state index in [0.29, 0.717) is 6.54 Å². The topological polar surface area (TPSA) is 144 Å². The number of rotatable bonds is 3. The summed E-state index contributed by atoms with van der Waals surface area (Å²) in [5, 5.41) is 25.2. The highest BCUT2D eigenvalue weighted by atomic mass is 32.3. The predicted molar refractivity (Wildman–Crippen MR) is 38.6 cm³/mol. The zero-order chi connectivity index (χ0) is 11.1. The zero-order valence-corrected chi connectivity index (χ0v) is 7.98. The van der Waals surface area contributed by atoms with Crippen molar-refractivity contribution >= 4 is 10.4 Å². The summed E-state index contributed by atoms with van der Waals surface area (Å²) < 4.78 is 31.0. The fraction of sp³-hybridized carbons (Fsp3) is 1.00. The minimum atomic E-state index is -4.41. The summed E-state index contributed by atoms with van der Waals surface area (Å²) in [7, 11) is -3.60. The Balaban J connectivity index is 0. The van der Waals surface area contributed by atoms with Crippen LogP contribution in [0.2, 0.25) is 0 Å². The van der Waals surface area contributed by atoms with E-state index in [1.54, 1.807) is 6.92 Å². The molecule has 0 saturated carbocycles. The van der Waals surface area contributed by atoms with Crippen LogP contribution in [0.15, 0.2) is 0 Å². The molecule has 8 nitrogen and oxygen atoms in total. The molecule has 0 saturated heterocycles. The van der Waals surface area contributed by atoms with E-state index in [1.807, 2.05) is 0 Å². The molecular weight excluding hydrogens is 206 g/mol. The summed E-state index contributed by atoms with van der Waals surface area (Å²) in [5.41, 5.74) is 0. The number of nitrogens with two attached hydrogens (primary N) is 1. The number of hydrogen-bond donors (Lipinski definition) is 4. The first-order valence-electron chi connectivity index (χ1n) is 3.15. The lowest BCUT2D eigenvalue weighted by atomic mass is 10.7. The van der Waals surface area contributed by atoms with Gasteiger partial charge < -0.3 is 4.55 Å². The largest absolute Gasteiger partial charge is 0.726 e. The van der Waals surface area contributed by atoms with Gasteiger partial charge in [0.2, 0.25) is 10.4 Å². The third-order valence-electron chi connectivity index (χ3n) is 0.682. The second kappa shape index (κ2) is 6.21. The first-order valence-corrected chi connectivity index (χ1v) is 4.48. The molecule has 5 N–H and O–H groups in total. The van der Waals surface area contributed by atoms with E-state index in [1.165, 1.54) is 0 Å².